The van der Waals surface area contributed by atoms with Crippen molar-refractivity contribution in [2.75, 3.05) is 11.9 Å². The monoisotopic (exact) mass is 328 g/mol. The molecule has 3 N–H and O–H groups in total. The van der Waals surface area contributed by atoms with Gasteiger partial charge in [-0.2, -0.15) is 0 Å². The van der Waals surface area contributed by atoms with Crippen LogP contribution in [0.5, 0.6) is 0 Å². The minimum absolute atomic E-state index is 0.0335. The van der Waals surface area contributed by atoms with E-state index >= 15 is 0 Å². The molecule has 1 fully saturated rings. The maximum Gasteiger partial charge on any atom is 0.311 e. The van der Waals surface area contributed by atoms with E-state index < -0.39 is 4.92 Å². The molecule has 0 saturated heterocycles. The second-order valence-electron chi connectivity index (χ2n) is 5.05. The van der Waals surface area contributed by atoms with E-state index in [1.807, 2.05) is 0 Å². The van der Waals surface area contributed by atoms with Crippen LogP contribution in [0, 0.1) is 10.1 Å². The van der Waals surface area contributed by atoms with Gasteiger partial charge in [-0.3, -0.25) is 15.1 Å². The predicted octanol–water partition coefficient (Wildman–Crippen LogP) is 2.83. The van der Waals surface area contributed by atoms with Crippen molar-refractivity contribution in [2.24, 2.45) is 5.73 Å². The van der Waals surface area contributed by atoms with Crippen LogP contribution in [0.15, 0.2) is 16.9 Å². The minimum atomic E-state index is -0.440. The summed E-state index contributed by atoms with van der Waals surface area (Å²) in [5.74, 6) is 0. The summed E-state index contributed by atoms with van der Waals surface area (Å²) < 4.78 is 0.584. The standard InChI is InChI=1S/C12H17BrN4O2/c13-9-6-15-7-10(17(18)19)11(9)16-8-12(14)4-2-1-3-5-12/h6-7H,1-5,8,14H2,(H,15,16). The van der Waals surface area contributed by atoms with E-state index in [4.69, 9.17) is 5.73 Å². The van der Waals surface area contributed by atoms with Crippen LogP contribution in [0.25, 0.3) is 0 Å². The summed E-state index contributed by atoms with van der Waals surface area (Å²) in [5, 5.41) is 14.1. The first kappa shape index (κ1) is 14.2. The number of nitrogens with zero attached hydrogens (tertiary/aromatic N) is 2. The lowest BCUT2D eigenvalue weighted by molar-refractivity contribution is -0.384. The highest BCUT2D eigenvalue weighted by Crippen LogP contribution is 2.33. The number of nitro groups is 1. The van der Waals surface area contributed by atoms with E-state index in [9.17, 15) is 10.1 Å². The van der Waals surface area contributed by atoms with Crippen molar-refractivity contribution in [3.63, 3.8) is 0 Å². The van der Waals surface area contributed by atoms with Gasteiger partial charge in [-0.05, 0) is 28.8 Å². The van der Waals surface area contributed by atoms with E-state index in [1.54, 1.807) is 6.20 Å². The molecule has 2 rings (SSSR count). The Bertz CT molecular complexity index is 475. The van der Waals surface area contributed by atoms with Crippen LogP contribution >= 0.6 is 15.9 Å². The molecule has 0 aromatic carbocycles. The predicted molar refractivity (Wildman–Crippen MR) is 77.1 cm³/mol. The Morgan fingerprint density at radius 1 is 1.42 bits per heavy atom. The highest BCUT2D eigenvalue weighted by Gasteiger charge is 2.28. The Kier molecular flexibility index (Phi) is 4.36. The zero-order chi connectivity index (χ0) is 13.9. The molecule has 0 unspecified atom stereocenters. The van der Waals surface area contributed by atoms with Gasteiger partial charge in [0, 0.05) is 18.3 Å². The van der Waals surface area contributed by atoms with Crippen LogP contribution in [0.2, 0.25) is 0 Å². The zero-order valence-electron chi connectivity index (χ0n) is 10.6. The van der Waals surface area contributed by atoms with Gasteiger partial charge in [-0.1, -0.05) is 19.3 Å². The summed E-state index contributed by atoms with van der Waals surface area (Å²) in [6, 6.07) is 0. The van der Waals surface area contributed by atoms with Gasteiger partial charge in [0.15, 0.2) is 0 Å². The number of nitrogens with one attached hydrogen (secondary N) is 1. The quantitative estimate of drug-likeness (QED) is 0.654. The Balaban J connectivity index is 2.12. The average molecular weight is 329 g/mol. The molecule has 104 valence electrons. The first-order valence-electron chi connectivity index (χ1n) is 6.32. The van der Waals surface area contributed by atoms with Crippen LogP contribution in [0.3, 0.4) is 0 Å². The summed E-state index contributed by atoms with van der Waals surface area (Å²) in [7, 11) is 0. The molecule has 0 spiro atoms. The molecule has 1 heterocycles. The maximum atomic E-state index is 11.0. The third-order valence-corrected chi connectivity index (χ3v) is 4.14. The van der Waals surface area contributed by atoms with E-state index in [2.05, 4.69) is 26.2 Å². The normalized spacial score (nSPS) is 18.0. The van der Waals surface area contributed by atoms with E-state index in [-0.39, 0.29) is 11.2 Å². The Morgan fingerprint density at radius 2 is 2.11 bits per heavy atom. The summed E-state index contributed by atoms with van der Waals surface area (Å²) in [4.78, 5) is 14.4. The van der Waals surface area contributed by atoms with Crippen LogP contribution in [0.1, 0.15) is 32.1 Å². The van der Waals surface area contributed by atoms with Crippen molar-refractivity contribution in [3.8, 4) is 0 Å². The van der Waals surface area contributed by atoms with Gasteiger partial charge in [0.05, 0.1) is 9.40 Å². The molecule has 1 aromatic rings. The molecule has 1 aromatic heterocycles. The first-order chi connectivity index (χ1) is 9.02. The zero-order valence-corrected chi connectivity index (χ0v) is 12.1. The molecule has 19 heavy (non-hydrogen) atoms. The summed E-state index contributed by atoms with van der Waals surface area (Å²) in [6.07, 6.45) is 8.16. The molecule has 6 nitrogen and oxygen atoms in total. The largest absolute Gasteiger partial charge is 0.377 e. The smallest absolute Gasteiger partial charge is 0.311 e. The molecule has 7 heteroatoms. The van der Waals surface area contributed by atoms with Crippen LogP contribution in [0.4, 0.5) is 11.4 Å². The summed E-state index contributed by atoms with van der Waals surface area (Å²) >= 11 is 3.29. The number of rotatable bonds is 4. The molecule has 1 aliphatic carbocycles. The fourth-order valence-corrected chi connectivity index (χ4v) is 2.90. The number of halogens is 1. The molecule has 1 saturated carbocycles. The van der Waals surface area contributed by atoms with Gasteiger partial charge < -0.3 is 11.1 Å². The number of hydrogen-bond acceptors (Lipinski definition) is 5. The van der Waals surface area contributed by atoms with Gasteiger partial charge in [0.1, 0.15) is 11.9 Å². The van der Waals surface area contributed by atoms with Crippen LogP contribution < -0.4 is 11.1 Å². The topological polar surface area (TPSA) is 94.1 Å². The first-order valence-corrected chi connectivity index (χ1v) is 7.12. The Labute approximate surface area is 120 Å². The molecular weight excluding hydrogens is 312 g/mol. The molecule has 0 bridgehead atoms. The van der Waals surface area contributed by atoms with Crippen molar-refractivity contribution < 1.29 is 4.92 Å². The third-order valence-electron chi connectivity index (χ3n) is 3.54. The molecule has 0 radical (unpaired) electrons. The lowest BCUT2D eigenvalue weighted by Gasteiger charge is -2.33. The molecular formula is C12H17BrN4O2. The highest BCUT2D eigenvalue weighted by molar-refractivity contribution is 9.10. The molecule has 1 aliphatic rings. The van der Waals surface area contributed by atoms with Gasteiger partial charge in [-0.25, -0.2) is 0 Å². The van der Waals surface area contributed by atoms with Crippen molar-refractivity contribution in [3.05, 3.63) is 27.0 Å². The van der Waals surface area contributed by atoms with Crippen LogP contribution in [-0.2, 0) is 0 Å². The van der Waals surface area contributed by atoms with Gasteiger partial charge in [-0.15, -0.1) is 0 Å². The Morgan fingerprint density at radius 3 is 2.74 bits per heavy atom. The summed E-state index contributed by atoms with van der Waals surface area (Å²) in [6.45, 7) is 0.538. The van der Waals surface area contributed by atoms with Gasteiger partial charge in [0.25, 0.3) is 0 Å². The van der Waals surface area contributed by atoms with Crippen molar-refractivity contribution in [1.82, 2.24) is 4.98 Å². The number of hydrogen-bond donors (Lipinski definition) is 2. The molecule has 0 amide bonds. The van der Waals surface area contributed by atoms with Crippen molar-refractivity contribution in [2.45, 2.75) is 37.6 Å². The van der Waals surface area contributed by atoms with Gasteiger partial charge in [0.2, 0.25) is 0 Å². The number of anilines is 1. The fourth-order valence-electron chi connectivity index (χ4n) is 2.44. The number of pyridine rings is 1. The van der Waals surface area contributed by atoms with E-state index in [0.717, 1.165) is 25.7 Å². The average Bonchev–Trinajstić information content (AvgIpc) is 2.38. The Hall–Kier alpha value is -1.21. The lowest BCUT2D eigenvalue weighted by atomic mass is 9.82. The molecule has 0 atom stereocenters. The lowest BCUT2D eigenvalue weighted by Crippen LogP contribution is -2.47. The maximum absolute atomic E-state index is 11.0. The van der Waals surface area contributed by atoms with Gasteiger partial charge >= 0.3 is 5.69 Å². The van der Waals surface area contributed by atoms with Crippen molar-refractivity contribution >= 4 is 27.3 Å². The fraction of sp³-hybridized carbons (Fsp3) is 0.583. The number of aromatic nitrogens is 1. The molecule has 0 aliphatic heterocycles. The van der Waals surface area contributed by atoms with Crippen molar-refractivity contribution in [1.29, 1.82) is 0 Å². The highest BCUT2D eigenvalue weighted by atomic mass is 79.9. The summed E-state index contributed by atoms with van der Waals surface area (Å²) in [5.41, 5.74) is 6.47. The third kappa shape index (κ3) is 3.42. The number of nitrogens with two attached hydrogens (primary N) is 1. The minimum Gasteiger partial charge on any atom is -0.377 e. The second kappa shape index (κ2) is 5.83. The second-order valence-corrected chi connectivity index (χ2v) is 5.90. The SMILES string of the molecule is NC1(CNc2c(Br)cncc2[N+](=O)[O-])CCCCC1. The van der Waals surface area contributed by atoms with E-state index in [0.29, 0.717) is 16.7 Å². The van der Waals surface area contributed by atoms with E-state index in [1.165, 1.54) is 12.6 Å². The van der Waals surface area contributed by atoms with Crippen LogP contribution in [-0.4, -0.2) is 22.0 Å².